The molecule has 2 amide bonds. The number of rotatable bonds is 4. The number of hydrogen-bond donors (Lipinski definition) is 1. The number of nitrogens with zero attached hydrogens (tertiary/aromatic N) is 1. The molecule has 0 saturated heterocycles. The van der Waals surface area contributed by atoms with Gasteiger partial charge in [-0.1, -0.05) is 12.1 Å². The predicted octanol–water partition coefficient (Wildman–Crippen LogP) is 2.73. The SMILES string of the molecule is CN(Cc1ccsc1)C(=O)NC[C@H]1COc2ccccc2O1. The third-order valence-corrected chi connectivity index (χ3v) is 4.13. The molecule has 1 aromatic heterocycles. The number of nitrogens with one attached hydrogen (secondary N) is 1. The number of para-hydroxylation sites is 2. The highest BCUT2D eigenvalue weighted by Gasteiger charge is 2.21. The maximum Gasteiger partial charge on any atom is 0.317 e. The van der Waals surface area contributed by atoms with Crippen molar-refractivity contribution < 1.29 is 14.3 Å². The first-order chi connectivity index (χ1) is 10.7. The average Bonchev–Trinajstić information content (AvgIpc) is 3.05. The molecule has 116 valence electrons. The van der Waals surface area contributed by atoms with Crippen molar-refractivity contribution in [1.29, 1.82) is 0 Å². The maximum atomic E-state index is 12.1. The van der Waals surface area contributed by atoms with Gasteiger partial charge in [0.2, 0.25) is 0 Å². The van der Waals surface area contributed by atoms with Gasteiger partial charge in [0.1, 0.15) is 6.61 Å². The Morgan fingerprint density at radius 3 is 2.95 bits per heavy atom. The summed E-state index contributed by atoms with van der Waals surface area (Å²) in [5.41, 5.74) is 1.13. The largest absolute Gasteiger partial charge is 0.486 e. The zero-order valence-corrected chi connectivity index (χ0v) is 13.1. The topological polar surface area (TPSA) is 50.8 Å². The molecule has 0 bridgehead atoms. The molecule has 1 atom stereocenters. The lowest BCUT2D eigenvalue weighted by molar-refractivity contribution is 0.0904. The number of ether oxygens (including phenoxy) is 2. The molecule has 1 aliphatic heterocycles. The highest BCUT2D eigenvalue weighted by Crippen LogP contribution is 2.30. The van der Waals surface area contributed by atoms with E-state index in [-0.39, 0.29) is 12.1 Å². The standard InChI is InChI=1S/C16H18N2O3S/c1-18(9-12-6-7-22-11-12)16(19)17-8-13-10-20-14-4-2-3-5-15(14)21-13/h2-7,11,13H,8-10H2,1H3,(H,17,19)/t13-/m0/s1. The number of hydrogen-bond acceptors (Lipinski definition) is 4. The van der Waals surface area contributed by atoms with Gasteiger partial charge in [-0.05, 0) is 34.5 Å². The van der Waals surface area contributed by atoms with Crippen LogP contribution >= 0.6 is 11.3 Å². The molecular formula is C16H18N2O3S. The van der Waals surface area contributed by atoms with Crippen molar-refractivity contribution in [3.8, 4) is 11.5 Å². The number of fused-ring (bicyclic) bond motifs is 1. The van der Waals surface area contributed by atoms with Gasteiger partial charge in [0.15, 0.2) is 17.6 Å². The molecule has 0 radical (unpaired) electrons. The van der Waals surface area contributed by atoms with Crippen LogP contribution in [0.4, 0.5) is 4.79 Å². The van der Waals surface area contributed by atoms with E-state index < -0.39 is 0 Å². The molecule has 0 fully saturated rings. The van der Waals surface area contributed by atoms with Gasteiger partial charge >= 0.3 is 6.03 Å². The Balaban J connectivity index is 1.47. The van der Waals surface area contributed by atoms with Crippen LogP contribution in [0.25, 0.3) is 0 Å². The fraction of sp³-hybridized carbons (Fsp3) is 0.312. The molecule has 0 unspecified atom stereocenters. The van der Waals surface area contributed by atoms with E-state index in [0.29, 0.717) is 19.7 Å². The quantitative estimate of drug-likeness (QED) is 0.943. The van der Waals surface area contributed by atoms with Crippen LogP contribution in [0, 0.1) is 0 Å². The van der Waals surface area contributed by atoms with Crippen LogP contribution in [-0.2, 0) is 6.54 Å². The normalized spacial score (nSPS) is 16.1. The van der Waals surface area contributed by atoms with Gasteiger partial charge in [-0.15, -0.1) is 0 Å². The number of amides is 2. The second kappa shape index (κ2) is 6.70. The molecular weight excluding hydrogens is 300 g/mol. The molecule has 5 nitrogen and oxygen atoms in total. The van der Waals surface area contributed by atoms with Gasteiger partial charge in [0, 0.05) is 13.6 Å². The number of thiophene rings is 1. The average molecular weight is 318 g/mol. The summed E-state index contributed by atoms with van der Waals surface area (Å²) in [6.07, 6.45) is -0.173. The molecule has 22 heavy (non-hydrogen) atoms. The summed E-state index contributed by atoms with van der Waals surface area (Å²) in [5.74, 6) is 1.47. The van der Waals surface area contributed by atoms with Crippen molar-refractivity contribution in [2.24, 2.45) is 0 Å². The van der Waals surface area contributed by atoms with Crippen LogP contribution in [0.15, 0.2) is 41.1 Å². The third kappa shape index (κ3) is 3.51. The Kier molecular flexibility index (Phi) is 4.48. The van der Waals surface area contributed by atoms with E-state index in [1.807, 2.05) is 41.1 Å². The zero-order valence-electron chi connectivity index (χ0n) is 12.3. The fourth-order valence-electron chi connectivity index (χ4n) is 2.23. The Hall–Kier alpha value is -2.21. The van der Waals surface area contributed by atoms with E-state index in [4.69, 9.17) is 9.47 Å². The summed E-state index contributed by atoms with van der Waals surface area (Å²) in [5, 5.41) is 6.93. The van der Waals surface area contributed by atoms with Crippen molar-refractivity contribution in [3.63, 3.8) is 0 Å². The fourth-order valence-corrected chi connectivity index (χ4v) is 2.89. The first kappa shape index (κ1) is 14.7. The van der Waals surface area contributed by atoms with Crippen LogP contribution in [0.2, 0.25) is 0 Å². The lowest BCUT2D eigenvalue weighted by Gasteiger charge is -2.27. The summed E-state index contributed by atoms with van der Waals surface area (Å²) in [4.78, 5) is 13.7. The Morgan fingerprint density at radius 1 is 1.36 bits per heavy atom. The monoisotopic (exact) mass is 318 g/mol. The molecule has 6 heteroatoms. The minimum Gasteiger partial charge on any atom is -0.486 e. The minimum atomic E-state index is -0.173. The van der Waals surface area contributed by atoms with E-state index in [0.717, 1.165) is 17.1 Å². The first-order valence-corrected chi connectivity index (χ1v) is 8.05. The number of carbonyl (C=O) groups excluding carboxylic acids is 1. The maximum absolute atomic E-state index is 12.1. The van der Waals surface area contributed by atoms with Crippen LogP contribution in [0.3, 0.4) is 0 Å². The van der Waals surface area contributed by atoms with Crippen LogP contribution < -0.4 is 14.8 Å². The summed E-state index contributed by atoms with van der Waals surface area (Å²) in [7, 11) is 1.78. The van der Waals surface area contributed by atoms with Gasteiger partial charge in [-0.25, -0.2) is 4.79 Å². The highest BCUT2D eigenvalue weighted by molar-refractivity contribution is 7.07. The van der Waals surface area contributed by atoms with Crippen LogP contribution in [0.5, 0.6) is 11.5 Å². The van der Waals surface area contributed by atoms with E-state index in [9.17, 15) is 4.79 Å². The van der Waals surface area contributed by atoms with Crippen molar-refractivity contribution in [1.82, 2.24) is 10.2 Å². The number of urea groups is 1. The second-order valence-electron chi connectivity index (χ2n) is 5.17. The molecule has 1 aliphatic rings. The third-order valence-electron chi connectivity index (χ3n) is 3.40. The molecule has 0 aliphatic carbocycles. The molecule has 0 saturated carbocycles. The van der Waals surface area contributed by atoms with Gasteiger partial charge < -0.3 is 19.7 Å². The van der Waals surface area contributed by atoms with Crippen molar-refractivity contribution >= 4 is 17.4 Å². The number of carbonyl (C=O) groups is 1. The Labute approximate surface area is 133 Å². The molecule has 2 heterocycles. The van der Waals surface area contributed by atoms with E-state index in [1.54, 1.807) is 23.3 Å². The second-order valence-corrected chi connectivity index (χ2v) is 5.95. The number of benzene rings is 1. The summed E-state index contributed by atoms with van der Waals surface area (Å²) < 4.78 is 11.4. The zero-order chi connectivity index (χ0) is 15.4. The Bertz CT molecular complexity index is 630. The van der Waals surface area contributed by atoms with Crippen LogP contribution in [-0.4, -0.2) is 37.2 Å². The van der Waals surface area contributed by atoms with E-state index in [1.165, 1.54) is 0 Å². The highest BCUT2D eigenvalue weighted by atomic mass is 32.1. The van der Waals surface area contributed by atoms with Crippen LogP contribution in [0.1, 0.15) is 5.56 Å². The lowest BCUT2D eigenvalue weighted by Crippen LogP contribution is -2.44. The molecule has 0 spiro atoms. The summed E-state index contributed by atoms with van der Waals surface area (Å²) in [6.45, 7) is 1.45. The lowest BCUT2D eigenvalue weighted by atomic mass is 10.2. The predicted molar refractivity (Wildman–Crippen MR) is 85.5 cm³/mol. The molecule has 1 N–H and O–H groups in total. The first-order valence-electron chi connectivity index (χ1n) is 7.11. The van der Waals surface area contributed by atoms with Gasteiger partial charge in [-0.3, -0.25) is 0 Å². The smallest absolute Gasteiger partial charge is 0.317 e. The Morgan fingerprint density at radius 2 is 2.18 bits per heavy atom. The minimum absolute atomic E-state index is 0.117. The summed E-state index contributed by atoms with van der Waals surface area (Å²) in [6, 6.07) is 9.45. The molecule has 1 aromatic carbocycles. The van der Waals surface area contributed by atoms with E-state index >= 15 is 0 Å². The van der Waals surface area contributed by atoms with E-state index in [2.05, 4.69) is 5.32 Å². The molecule has 3 rings (SSSR count). The van der Waals surface area contributed by atoms with Gasteiger partial charge in [-0.2, -0.15) is 11.3 Å². The van der Waals surface area contributed by atoms with Crippen molar-refractivity contribution in [2.75, 3.05) is 20.2 Å². The van der Waals surface area contributed by atoms with Gasteiger partial charge in [0.05, 0.1) is 6.54 Å². The molecule has 2 aromatic rings. The summed E-state index contributed by atoms with van der Waals surface area (Å²) >= 11 is 1.63. The van der Waals surface area contributed by atoms with Crippen molar-refractivity contribution in [2.45, 2.75) is 12.6 Å². The van der Waals surface area contributed by atoms with Gasteiger partial charge in [0.25, 0.3) is 0 Å². The van der Waals surface area contributed by atoms with Crippen molar-refractivity contribution in [3.05, 3.63) is 46.7 Å².